The smallest absolute Gasteiger partial charge is 0.356 e. The molecule has 2 heterocycles. The van der Waals surface area contributed by atoms with Crippen LogP contribution in [0.1, 0.15) is 83.8 Å². The molecule has 0 saturated carbocycles. The Balaban J connectivity index is 2.41. The van der Waals surface area contributed by atoms with Gasteiger partial charge >= 0.3 is 5.97 Å². The number of nitrogens with one attached hydrogen (secondary N) is 1. The minimum Gasteiger partial charge on any atom is -0.476 e. The van der Waals surface area contributed by atoms with E-state index < -0.39 is 12.0 Å². The highest BCUT2D eigenvalue weighted by molar-refractivity contribution is 5.94. The van der Waals surface area contributed by atoms with Crippen molar-refractivity contribution in [1.82, 2.24) is 24.4 Å². The summed E-state index contributed by atoms with van der Waals surface area (Å²) >= 11 is 0. The van der Waals surface area contributed by atoms with Crippen LogP contribution >= 0.6 is 0 Å². The number of rotatable bonds is 7. The molecule has 29 heavy (non-hydrogen) atoms. The van der Waals surface area contributed by atoms with Gasteiger partial charge in [0.2, 0.25) is 0 Å². The molecule has 0 saturated heterocycles. The number of carbonyl (C=O) groups is 2. The number of imidazole rings is 2. The van der Waals surface area contributed by atoms with E-state index >= 15 is 0 Å². The molecule has 0 aliphatic carbocycles. The third-order valence-corrected chi connectivity index (χ3v) is 5.50. The fraction of sp³-hybridized carbons (Fsp3) is 0.600. The largest absolute Gasteiger partial charge is 0.476 e. The first-order chi connectivity index (χ1) is 13.4. The van der Waals surface area contributed by atoms with Crippen molar-refractivity contribution >= 4 is 11.9 Å². The first-order valence-electron chi connectivity index (χ1n) is 9.74. The molecule has 0 bridgehead atoms. The van der Waals surface area contributed by atoms with Crippen LogP contribution in [0, 0.1) is 25.7 Å². The van der Waals surface area contributed by atoms with Gasteiger partial charge in [0.25, 0.3) is 5.91 Å². The molecule has 0 aliphatic rings. The van der Waals surface area contributed by atoms with Gasteiger partial charge in [-0.15, -0.1) is 0 Å². The maximum Gasteiger partial charge on any atom is 0.356 e. The zero-order valence-corrected chi connectivity index (χ0v) is 18.4. The third kappa shape index (κ3) is 4.19. The molecular weight excluding hydrogens is 372 g/mol. The maximum atomic E-state index is 13.1. The lowest BCUT2D eigenvalue weighted by atomic mass is 10.0. The zero-order chi connectivity index (χ0) is 22.2. The summed E-state index contributed by atoms with van der Waals surface area (Å²) in [6.07, 6.45) is 0. The summed E-state index contributed by atoms with van der Waals surface area (Å²) in [5.41, 5.74) is 7.80. The third-order valence-electron chi connectivity index (χ3n) is 5.50. The van der Waals surface area contributed by atoms with Crippen LogP contribution in [0.15, 0.2) is 0 Å². The summed E-state index contributed by atoms with van der Waals surface area (Å²) in [5.74, 6) is -0.106. The van der Waals surface area contributed by atoms with Gasteiger partial charge in [0.15, 0.2) is 5.69 Å². The van der Waals surface area contributed by atoms with Crippen molar-refractivity contribution < 1.29 is 14.7 Å². The second-order valence-electron chi connectivity index (χ2n) is 8.20. The van der Waals surface area contributed by atoms with Crippen LogP contribution in [-0.4, -0.2) is 36.1 Å². The van der Waals surface area contributed by atoms with Gasteiger partial charge in [-0.25, -0.2) is 14.8 Å². The number of aromatic carboxylic acids is 1. The molecule has 0 aromatic carbocycles. The van der Waals surface area contributed by atoms with E-state index in [0.29, 0.717) is 23.0 Å². The van der Waals surface area contributed by atoms with Gasteiger partial charge in [-0.2, -0.15) is 0 Å². The Morgan fingerprint density at radius 1 is 0.931 bits per heavy atom. The highest BCUT2D eigenvalue weighted by Gasteiger charge is 2.29. The summed E-state index contributed by atoms with van der Waals surface area (Å²) in [7, 11) is 3.59. The van der Waals surface area contributed by atoms with Crippen molar-refractivity contribution in [3.05, 3.63) is 34.4 Å². The lowest BCUT2D eigenvalue weighted by Crippen LogP contribution is -2.34. The van der Waals surface area contributed by atoms with Crippen LogP contribution in [0.4, 0.5) is 0 Å². The van der Waals surface area contributed by atoms with Crippen molar-refractivity contribution in [2.75, 3.05) is 0 Å². The van der Waals surface area contributed by atoms with E-state index in [1.165, 1.54) is 0 Å². The normalized spacial score (nSPS) is 13.8. The molecule has 160 valence electrons. The molecule has 0 radical (unpaired) electrons. The minimum absolute atomic E-state index is 0.0116. The van der Waals surface area contributed by atoms with E-state index in [2.05, 4.69) is 15.3 Å². The van der Waals surface area contributed by atoms with Crippen molar-refractivity contribution in [2.45, 2.75) is 53.6 Å². The van der Waals surface area contributed by atoms with E-state index in [1.54, 1.807) is 18.5 Å². The summed E-state index contributed by atoms with van der Waals surface area (Å²) in [5, 5.41) is 12.3. The predicted molar refractivity (Wildman–Crippen MR) is 110 cm³/mol. The Labute approximate surface area is 171 Å². The van der Waals surface area contributed by atoms with Crippen molar-refractivity contribution in [2.24, 2.45) is 31.7 Å². The average Bonchev–Trinajstić information content (AvgIpc) is 3.09. The van der Waals surface area contributed by atoms with Crippen LogP contribution < -0.4 is 11.1 Å². The van der Waals surface area contributed by atoms with Crippen molar-refractivity contribution in [3.8, 4) is 0 Å². The van der Waals surface area contributed by atoms with Crippen LogP contribution in [0.5, 0.6) is 0 Å². The van der Waals surface area contributed by atoms with Crippen LogP contribution in [-0.2, 0) is 14.1 Å². The minimum atomic E-state index is -1.09. The van der Waals surface area contributed by atoms with E-state index in [9.17, 15) is 14.7 Å². The van der Waals surface area contributed by atoms with Gasteiger partial charge in [-0.05, 0) is 25.7 Å². The van der Waals surface area contributed by atoms with E-state index in [1.807, 2.05) is 46.2 Å². The molecule has 2 aromatic heterocycles. The molecule has 1 amide bonds. The number of aromatic nitrogens is 4. The molecule has 0 spiro atoms. The molecule has 0 aliphatic heterocycles. The molecule has 2 aromatic rings. The number of carboxylic acids is 1. The lowest BCUT2D eigenvalue weighted by Gasteiger charge is -2.22. The number of nitrogens with two attached hydrogens (primary N) is 1. The monoisotopic (exact) mass is 404 g/mol. The van der Waals surface area contributed by atoms with E-state index in [4.69, 9.17) is 5.73 Å². The Morgan fingerprint density at radius 2 is 1.41 bits per heavy atom. The number of nitrogens with zero attached hydrogens (tertiary/aromatic N) is 4. The van der Waals surface area contributed by atoms with Crippen LogP contribution in [0.2, 0.25) is 0 Å². The van der Waals surface area contributed by atoms with Gasteiger partial charge in [-0.1, -0.05) is 27.7 Å². The summed E-state index contributed by atoms with van der Waals surface area (Å²) < 4.78 is 3.55. The van der Waals surface area contributed by atoms with E-state index in [-0.39, 0.29) is 29.5 Å². The first kappa shape index (κ1) is 22.6. The topological polar surface area (TPSA) is 128 Å². The summed E-state index contributed by atoms with van der Waals surface area (Å²) in [4.78, 5) is 33.3. The molecule has 4 N–H and O–H groups in total. The molecule has 9 heteroatoms. The van der Waals surface area contributed by atoms with Gasteiger partial charge in [0.1, 0.15) is 17.3 Å². The fourth-order valence-electron chi connectivity index (χ4n) is 3.23. The first-order valence-corrected chi connectivity index (χ1v) is 9.74. The van der Waals surface area contributed by atoms with Crippen molar-refractivity contribution in [3.63, 3.8) is 0 Å². The second-order valence-corrected chi connectivity index (χ2v) is 8.20. The van der Waals surface area contributed by atoms with Crippen molar-refractivity contribution in [1.29, 1.82) is 0 Å². The Kier molecular flexibility index (Phi) is 6.52. The molecule has 9 nitrogen and oxygen atoms in total. The number of amides is 1. The van der Waals surface area contributed by atoms with Gasteiger partial charge in [-0.3, -0.25) is 4.79 Å². The van der Waals surface area contributed by atoms with Gasteiger partial charge in [0.05, 0.1) is 12.1 Å². The highest BCUT2D eigenvalue weighted by atomic mass is 16.4. The number of carboxylic acid groups (broad SMARTS) is 1. The maximum absolute atomic E-state index is 13.1. The second kappa shape index (κ2) is 8.36. The number of carbonyl (C=O) groups excluding carboxylic acids is 1. The molecule has 0 unspecified atom stereocenters. The standard InChI is InChI=1S/C20H32N6O3/c1-9(2)13(21)17-22-15(11(5)25(17)7)19(27)24-14(10(3)4)18-23-16(20(28)29)12(6)26(18)8/h9-10,13-14H,21H2,1-8H3,(H,24,27)(H,28,29)/t13-,14-/m0/s1. The fourth-order valence-corrected chi connectivity index (χ4v) is 3.23. The predicted octanol–water partition coefficient (Wildman–Crippen LogP) is 2.25. The Hall–Kier alpha value is -2.68. The summed E-state index contributed by atoms with van der Waals surface area (Å²) in [6, 6.07) is -0.751. The number of hydrogen-bond donors (Lipinski definition) is 3. The Morgan fingerprint density at radius 3 is 1.86 bits per heavy atom. The van der Waals surface area contributed by atoms with Gasteiger partial charge in [0, 0.05) is 25.5 Å². The molecule has 2 rings (SSSR count). The SMILES string of the molecule is Cc1c(C(=O)N[C@H](c2nc(C(=O)O)c(C)n2C)C(C)C)nc([C@@H](N)C(C)C)n1C. The average molecular weight is 405 g/mol. The molecule has 0 fully saturated rings. The highest BCUT2D eigenvalue weighted by Crippen LogP contribution is 2.25. The van der Waals surface area contributed by atoms with Crippen LogP contribution in [0.25, 0.3) is 0 Å². The van der Waals surface area contributed by atoms with E-state index in [0.717, 1.165) is 5.69 Å². The lowest BCUT2D eigenvalue weighted by molar-refractivity contribution is 0.0689. The summed E-state index contributed by atoms with van der Waals surface area (Å²) in [6.45, 7) is 11.4. The number of hydrogen-bond acceptors (Lipinski definition) is 5. The molecule has 2 atom stereocenters. The zero-order valence-electron chi connectivity index (χ0n) is 18.4. The van der Waals surface area contributed by atoms with Crippen LogP contribution in [0.3, 0.4) is 0 Å². The quantitative estimate of drug-likeness (QED) is 0.649. The Bertz CT molecular complexity index is 925. The van der Waals surface area contributed by atoms with Gasteiger partial charge < -0.3 is 25.3 Å². The molecular formula is C20H32N6O3.